The molecule has 21 heavy (non-hydrogen) atoms. The van der Waals surface area contributed by atoms with E-state index in [4.69, 9.17) is 4.74 Å². The molecule has 1 atom stereocenters. The van der Waals surface area contributed by atoms with E-state index >= 15 is 0 Å². The van der Waals surface area contributed by atoms with Gasteiger partial charge in [-0.1, -0.05) is 12.1 Å². The zero-order chi connectivity index (χ0) is 15.4. The molecule has 0 bridgehead atoms. The van der Waals surface area contributed by atoms with Crippen molar-refractivity contribution in [1.82, 2.24) is 14.5 Å². The Morgan fingerprint density at radius 1 is 1.33 bits per heavy atom. The molecular formula is C14H16N4O3. The summed E-state index contributed by atoms with van der Waals surface area (Å²) < 4.78 is 6.68. The summed E-state index contributed by atoms with van der Waals surface area (Å²) in [5.74, 6) is 0.616. The van der Waals surface area contributed by atoms with Crippen LogP contribution in [-0.4, -0.2) is 41.6 Å². The first-order valence-electron chi connectivity index (χ1n) is 6.28. The van der Waals surface area contributed by atoms with Gasteiger partial charge in [0.2, 0.25) is 11.7 Å². The van der Waals surface area contributed by atoms with Crippen LogP contribution in [0.2, 0.25) is 0 Å². The Morgan fingerprint density at radius 3 is 2.48 bits per heavy atom. The summed E-state index contributed by atoms with van der Waals surface area (Å²) in [5, 5.41) is 2.77. The van der Waals surface area contributed by atoms with E-state index in [1.54, 1.807) is 50.0 Å². The summed E-state index contributed by atoms with van der Waals surface area (Å²) in [6.07, 6.45) is 2.87. The van der Waals surface area contributed by atoms with Gasteiger partial charge in [-0.05, 0) is 22.9 Å². The Labute approximate surface area is 122 Å². The van der Waals surface area contributed by atoms with Gasteiger partial charge in [0.25, 0.3) is 0 Å². The van der Waals surface area contributed by atoms with Crippen LogP contribution in [-0.2, 0) is 4.79 Å². The number of nitroso groups, excluding NO2 is 1. The van der Waals surface area contributed by atoms with Crippen LogP contribution in [0.4, 0.5) is 5.82 Å². The lowest BCUT2D eigenvalue weighted by Crippen LogP contribution is -2.31. The molecule has 0 saturated heterocycles. The Morgan fingerprint density at radius 2 is 2.00 bits per heavy atom. The zero-order valence-corrected chi connectivity index (χ0v) is 12.1. The minimum absolute atomic E-state index is 0.0417. The average molecular weight is 288 g/mol. The number of methoxy groups -OCH3 is 1. The van der Waals surface area contributed by atoms with E-state index in [0.29, 0.717) is 5.75 Å². The molecule has 0 spiro atoms. The molecule has 0 N–H and O–H groups in total. The third kappa shape index (κ3) is 3.07. The molecule has 7 heteroatoms. The predicted octanol–water partition coefficient (Wildman–Crippen LogP) is 1.97. The van der Waals surface area contributed by atoms with Crippen molar-refractivity contribution in [3.63, 3.8) is 0 Å². The van der Waals surface area contributed by atoms with Crippen molar-refractivity contribution >= 4 is 11.7 Å². The van der Waals surface area contributed by atoms with Crippen molar-refractivity contribution in [2.45, 2.75) is 6.04 Å². The molecule has 110 valence electrons. The van der Waals surface area contributed by atoms with Gasteiger partial charge in [-0.2, -0.15) is 0 Å². The van der Waals surface area contributed by atoms with Gasteiger partial charge >= 0.3 is 0 Å². The topological polar surface area (TPSA) is 76.8 Å². The largest absolute Gasteiger partial charge is 0.497 e. The number of hydrogen-bond acceptors (Lipinski definition) is 5. The van der Waals surface area contributed by atoms with Crippen molar-refractivity contribution in [2.75, 3.05) is 21.2 Å². The fourth-order valence-corrected chi connectivity index (χ4v) is 1.99. The third-order valence-corrected chi connectivity index (χ3v) is 3.09. The molecule has 1 amide bonds. The number of aromatic nitrogens is 2. The first kappa shape index (κ1) is 14.7. The smallest absolute Gasteiger partial charge is 0.249 e. The molecule has 1 heterocycles. The van der Waals surface area contributed by atoms with Crippen LogP contribution < -0.4 is 4.74 Å². The fourth-order valence-electron chi connectivity index (χ4n) is 1.99. The summed E-state index contributed by atoms with van der Waals surface area (Å²) in [7, 11) is 4.93. The van der Waals surface area contributed by atoms with E-state index in [0.717, 1.165) is 5.56 Å². The molecule has 0 fully saturated rings. The van der Waals surface area contributed by atoms with Gasteiger partial charge in [-0.15, -0.1) is 4.91 Å². The van der Waals surface area contributed by atoms with Crippen LogP contribution in [0.15, 0.2) is 42.0 Å². The summed E-state index contributed by atoms with van der Waals surface area (Å²) in [4.78, 5) is 28.3. The number of carbonyl (C=O) groups is 1. The lowest BCUT2D eigenvalue weighted by Gasteiger charge is -2.22. The highest BCUT2D eigenvalue weighted by molar-refractivity contribution is 5.83. The van der Waals surface area contributed by atoms with E-state index in [1.165, 1.54) is 17.4 Å². The number of benzene rings is 1. The summed E-state index contributed by atoms with van der Waals surface area (Å²) in [5.41, 5.74) is 0.768. The van der Waals surface area contributed by atoms with Gasteiger partial charge < -0.3 is 14.2 Å². The number of hydrogen-bond donors (Lipinski definition) is 0. The zero-order valence-electron chi connectivity index (χ0n) is 12.1. The maximum absolute atomic E-state index is 12.4. The highest BCUT2D eigenvalue weighted by Gasteiger charge is 2.24. The molecule has 0 radical (unpaired) electrons. The van der Waals surface area contributed by atoms with E-state index in [1.807, 2.05) is 0 Å². The fraction of sp³-hybridized carbons (Fsp3) is 0.286. The van der Waals surface area contributed by atoms with E-state index in [9.17, 15) is 9.70 Å². The molecule has 7 nitrogen and oxygen atoms in total. The Balaban J connectivity index is 2.44. The van der Waals surface area contributed by atoms with Crippen LogP contribution in [0.25, 0.3) is 0 Å². The van der Waals surface area contributed by atoms with Gasteiger partial charge in [0, 0.05) is 14.1 Å². The second-order valence-corrected chi connectivity index (χ2v) is 4.68. The van der Waals surface area contributed by atoms with Gasteiger partial charge in [-0.3, -0.25) is 4.79 Å². The number of rotatable bonds is 5. The van der Waals surface area contributed by atoms with Crippen molar-refractivity contribution in [3.8, 4) is 5.75 Å². The van der Waals surface area contributed by atoms with Crippen LogP contribution in [0.1, 0.15) is 11.6 Å². The Kier molecular flexibility index (Phi) is 4.32. The maximum atomic E-state index is 12.4. The number of amides is 1. The van der Waals surface area contributed by atoms with Crippen molar-refractivity contribution in [2.24, 2.45) is 5.18 Å². The highest BCUT2D eigenvalue weighted by Crippen LogP contribution is 2.24. The van der Waals surface area contributed by atoms with Crippen LogP contribution >= 0.6 is 0 Å². The minimum atomic E-state index is -0.603. The second-order valence-electron chi connectivity index (χ2n) is 4.68. The quantitative estimate of drug-likeness (QED) is 0.788. The van der Waals surface area contributed by atoms with Gasteiger partial charge in [0.05, 0.1) is 19.6 Å². The second kappa shape index (κ2) is 6.17. The van der Waals surface area contributed by atoms with Crippen molar-refractivity contribution < 1.29 is 9.53 Å². The molecule has 2 aromatic rings. The van der Waals surface area contributed by atoms with Gasteiger partial charge in [0.15, 0.2) is 0 Å². The third-order valence-electron chi connectivity index (χ3n) is 3.09. The number of nitrogens with zero attached hydrogens (tertiary/aromatic N) is 4. The van der Waals surface area contributed by atoms with Crippen LogP contribution in [0.3, 0.4) is 0 Å². The average Bonchev–Trinajstić information content (AvgIpc) is 2.96. The summed E-state index contributed by atoms with van der Waals surface area (Å²) in [6, 6.07) is 6.56. The van der Waals surface area contributed by atoms with Crippen LogP contribution in [0.5, 0.6) is 5.75 Å². The lowest BCUT2D eigenvalue weighted by atomic mass is 10.1. The number of ether oxygens (including phenoxy) is 1. The molecule has 1 aromatic carbocycles. The predicted molar refractivity (Wildman–Crippen MR) is 77.5 cm³/mol. The minimum Gasteiger partial charge on any atom is -0.497 e. The summed E-state index contributed by atoms with van der Waals surface area (Å²) in [6.45, 7) is 0. The molecule has 1 unspecified atom stereocenters. The molecule has 1 aromatic heterocycles. The SMILES string of the molecule is COc1ccc(C(C(=O)N(C)C)n2cnc(N=O)c2)cc1. The number of imidazole rings is 1. The first-order valence-corrected chi connectivity index (χ1v) is 6.28. The Bertz CT molecular complexity index is 634. The molecular weight excluding hydrogens is 272 g/mol. The molecule has 0 aliphatic heterocycles. The van der Waals surface area contributed by atoms with E-state index in [2.05, 4.69) is 10.2 Å². The van der Waals surface area contributed by atoms with Gasteiger partial charge in [0.1, 0.15) is 11.8 Å². The van der Waals surface area contributed by atoms with Crippen molar-refractivity contribution in [3.05, 3.63) is 47.3 Å². The standard InChI is InChI=1S/C14H16N4O3/c1-17(2)14(19)13(18-8-12(16-20)15-9-18)10-4-6-11(21-3)7-5-10/h4-9,13H,1-3H3. The van der Waals surface area contributed by atoms with Crippen LogP contribution in [0, 0.1) is 4.91 Å². The molecule has 0 aliphatic carbocycles. The molecule has 0 saturated carbocycles. The normalized spacial score (nSPS) is 11.8. The van der Waals surface area contributed by atoms with Gasteiger partial charge in [-0.25, -0.2) is 4.98 Å². The van der Waals surface area contributed by atoms with E-state index in [-0.39, 0.29) is 11.7 Å². The molecule has 2 rings (SSSR count). The maximum Gasteiger partial charge on any atom is 0.249 e. The monoisotopic (exact) mass is 288 g/mol. The van der Waals surface area contributed by atoms with Crippen molar-refractivity contribution in [1.29, 1.82) is 0 Å². The lowest BCUT2D eigenvalue weighted by molar-refractivity contribution is -0.131. The highest BCUT2D eigenvalue weighted by atomic mass is 16.5. The molecule has 0 aliphatic rings. The Hall–Kier alpha value is -2.70. The number of likely N-dealkylation sites (N-methyl/N-ethyl adjacent to an activating group) is 1. The first-order chi connectivity index (χ1) is 10.1. The van der Waals surface area contributed by atoms with E-state index < -0.39 is 6.04 Å². The number of carbonyl (C=O) groups excluding carboxylic acids is 1. The summed E-state index contributed by atoms with van der Waals surface area (Å²) >= 11 is 0.